The van der Waals surface area contributed by atoms with Crippen LogP contribution in [0.4, 0.5) is 0 Å². The van der Waals surface area contributed by atoms with E-state index in [1.54, 1.807) is 12.1 Å². The highest BCUT2D eigenvalue weighted by atomic mass is 16.5. The van der Waals surface area contributed by atoms with Gasteiger partial charge in [0.1, 0.15) is 5.76 Å². The highest BCUT2D eigenvalue weighted by Gasteiger charge is 2.25. The lowest BCUT2D eigenvalue weighted by Gasteiger charge is -2.27. The molecular formula is C14H15NO4. The molecule has 1 aromatic carbocycles. The predicted octanol–water partition coefficient (Wildman–Crippen LogP) is 1.53. The molecule has 1 aromatic rings. The predicted molar refractivity (Wildman–Crippen MR) is 68.2 cm³/mol. The Hall–Kier alpha value is -2.01. The minimum absolute atomic E-state index is 0.00146. The molecule has 1 fully saturated rings. The average Bonchev–Trinajstić information content (AvgIpc) is 2.41. The summed E-state index contributed by atoms with van der Waals surface area (Å²) in [7, 11) is 0. The van der Waals surface area contributed by atoms with Gasteiger partial charge in [-0.25, -0.2) is 0 Å². The minimum atomic E-state index is -0.0309. The number of hydrogen-bond donors (Lipinski definition) is 1. The van der Waals surface area contributed by atoms with E-state index in [9.17, 15) is 9.90 Å². The van der Waals surface area contributed by atoms with E-state index in [2.05, 4.69) is 4.90 Å². The van der Waals surface area contributed by atoms with E-state index in [-0.39, 0.29) is 23.7 Å². The van der Waals surface area contributed by atoms with Crippen LogP contribution in [-0.4, -0.2) is 42.1 Å². The van der Waals surface area contributed by atoms with Crippen molar-refractivity contribution in [3.63, 3.8) is 0 Å². The molecule has 0 saturated carbocycles. The summed E-state index contributed by atoms with van der Waals surface area (Å²) < 4.78 is 10.9. The molecule has 0 aromatic heterocycles. The zero-order valence-corrected chi connectivity index (χ0v) is 10.5. The Bertz CT molecular complexity index is 532. The summed E-state index contributed by atoms with van der Waals surface area (Å²) in [6.45, 7) is 2.93. The number of hydrogen-bond acceptors (Lipinski definition) is 5. The number of Topliss-reactive ketones (excluding diaryl/α,β-unsaturated/α-hetero) is 1. The first-order valence-corrected chi connectivity index (χ1v) is 6.29. The number of ketones is 1. The summed E-state index contributed by atoms with van der Waals surface area (Å²) in [5.74, 6) is 0.800. The van der Waals surface area contributed by atoms with Crippen molar-refractivity contribution in [1.82, 2.24) is 4.90 Å². The van der Waals surface area contributed by atoms with E-state index >= 15 is 0 Å². The summed E-state index contributed by atoms with van der Waals surface area (Å²) in [6.07, 6.45) is 2.07. The maximum absolute atomic E-state index is 12.0. The van der Waals surface area contributed by atoms with E-state index in [0.29, 0.717) is 24.5 Å². The quantitative estimate of drug-likeness (QED) is 0.830. The number of para-hydroxylation sites is 1. The summed E-state index contributed by atoms with van der Waals surface area (Å²) >= 11 is 0. The zero-order valence-electron chi connectivity index (χ0n) is 10.5. The molecule has 2 aliphatic heterocycles. The van der Waals surface area contributed by atoms with Crippen molar-refractivity contribution in [3.05, 3.63) is 35.7 Å². The van der Waals surface area contributed by atoms with Crippen LogP contribution in [-0.2, 0) is 4.74 Å². The van der Waals surface area contributed by atoms with Gasteiger partial charge in [-0.2, -0.15) is 0 Å². The van der Waals surface area contributed by atoms with Gasteiger partial charge in [0.15, 0.2) is 17.3 Å². The van der Waals surface area contributed by atoms with Gasteiger partial charge in [0.05, 0.1) is 25.2 Å². The molecule has 0 unspecified atom stereocenters. The fourth-order valence-electron chi connectivity index (χ4n) is 2.25. The van der Waals surface area contributed by atoms with Gasteiger partial charge in [-0.1, -0.05) is 6.07 Å². The Morgan fingerprint density at radius 1 is 1.26 bits per heavy atom. The number of fused-ring (bicyclic) bond motifs is 1. The van der Waals surface area contributed by atoms with E-state index in [1.165, 1.54) is 6.07 Å². The van der Waals surface area contributed by atoms with Crippen molar-refractivity contribution in [3.8, 4) is 11.5 Å². The fraction of sp³-hybridized carbons (Fsp3) is 0.357. The molecule has 0 amide bonds. The number of rotatable bonds is 1. The maximum atomic E-state index is 12.0. The summed E-state index contributed by atoms with van der Waals surface area (Å²) in [5.41, 5.74) is 0.444. The van der Waals surface area contributed by atoms with Crippen molar-refractivity contribution in [1.29, 1.82) is 0 Å². The number of phenols is 1. The topological polar surface area (TPSA) is 59.0 Å². The van der Waals surface area contributed by atoms with Crippen molar-refractivity contribution in [2.75, 3.05) is 26.3 Å². The number of phenolic OH excluding ortho intramolecular Hbond substituents is 1. The Balaban J connectivity index is 1.85. The first kappa shape index (κ1) is 12.0. The van der Waals surface area contributed by atoms with Crippen LogP contribution >= 0.6 is 0 Å². The van der Waals surface area contributed by atoms with E-state index in [1.807, 2.05) is 6.20 Å². The molecule has 19 heavy (non-hydrogen) atoms. The lowest BCUT2D eigenvalue weighted by molar-refractivity contribution is 0.0576. The second-order valence-electron chi connectivity index (χ2n) is 4.60. The Morgan fingerprint density at radius 3 is 2.84 bits per heavy atom. The van der Waals surface area contributed by atoms with Crippen LogP contribution < -0.4 is 4.74 Å². The minimum Gasteiger partial charge on any atom is -0.504 e. The number of allylic oxidation sites excluding steroid dienone is 1. The lowest BCUT2D eigenvalue weighted by atomic mass is 10.0. The number of carbonyl (C=O) groups is 1. The Kier molecular flexibility index (Phi) is 3.13. The maximum Gasteiger partial charge on any atom is 0.179 e. The van der Waals surface area contributed by atoms with Crippen LogP contribution in [0, 0.1) is 0 Å². The number of aromatic hydroxyl groups is 1. The van der Waals surface area contributed by atoms with Crippen molar-refractivity contribution in [2.45, 2.75) is 6.42 Å². The molecule has 2 heterocycles. The van der Waals surface area contributed by atoms with Gasteiger partial charge in [0.2, 0.25) is 0 Å². The highest BCUT2D eigenvalue weighted by molar-refractivity contribution is 6.01. The van der Waals surface area contributed by atoms with Gasteiger partial charge in [-0.3, -0.25) is 4.79 Å². The molecule has 0 atom stereocenters. The molecule has 5 heteroatoms. The molecule has 1 N–H and O–H groups in total. The summed E-state index contributed by atoms with van der Waals surface area (Å²) in [6, 6.07) is 4.83. The second-order valence-corrected chi connectivity index (χ2v) is 4.60. The van der Waals surface area contributed by atoms with Crippen LogP contribution in [0.15, 0.2) is 30.2 Å². The molecule has 0 radical (unpaired) electrons. The number of morpholine rings is 1. The SMILES string of the molecule is O=C1C/C(=C\N2CCOCC2)Oc2c(O)cccc21. The van der Waals surface area contributed by atoms with Crippen molar-refractivity contribution < 1.29 is 19.4 Å². The van der Waals surface area contributed by atoms with Gasteiger partial charge in [-0.05, 0) is 12.1 Å². The summed E-state index contributed by atoms with van der Waals surface area (Å²) in [4.78, 5) is 14.1. The molecular weight excluding hydrogens is 246 g/mol. The first-order valence-electron chi connectivity index (χ1n) is 6.29. The zero-order chi connectivity index (χ0) is 13.2. The normalized spacial score (nSPS) is 21.2. The third kappa shape index (κ3) is 2.42. The highest BCUT2D eigenvalue weighted by Crippen LogP contribution is 2.36. The van der Waals surface area contributed by atoms with Gasteiger partial charge in [-0.15, -0.1) is 0 Å². The Morgan fingerprint density at radius 2 is 2.05 bits per heavy atom. The van der Waals surface area contributed by atoms with Crippen molar-refractivity contribution in [2.24, 2.45) is 0 Å². The number of ether oxygens (including phenoxy) is 2. The van der Waals surface area contributed by atoms with Crippen LogP contribution in [0.5, 0.6) is 11.5 Å². The van der Waals surface area contributed by atoms with Crippen LogP contribution in [0.25, 0.3) is 0 Å². The van der Waals surface area contributed by atoms with Crippen LogP contribution in [0.1, 0.15) is 16.8 Å². The fourth-order valence-corrected chi connectivity index (χ4v) is 2.25. The molecule has 5 nitrogen and oxygen atoms in total. The van der Waals surface area contributed by atoms with E-state index < -0.39 is 0 Å². The van der Waals surface area contributed by atoms with Crippen LogP contribution in [0.2, 0.25) is 0 Å². The summed E-state index contributed by atoms with van der Waals surface area (Å²) in [5, 5.41) is 9.76. The Labute approximate surface area is 111 Å². The number of benzene rings is 1. The van der Waals surface area contributed by atoms with Crippen molar-refractivity contribution >= 4 is 5.78 Å². The molecule has 0 aliphatic carbocycles. The first-order chi connectivity index (χ1) is 9.24. The third-order valence-corrected chi connectivity index (χ3v) is 3.23. The number of nitrogens with zero attached hydrogens (tertiary/aromatic N) is 1. The molecule has 0 bridgehead atoms. The van der Waals surface area contributed by atoms with Gasteiger partial charge in [0, 0.05) is 19.3 Å². The van der Waals surface area contributed by atoms with Crippen LogP contribution in [0.3, 0.4) is 0 Å². The number of carbonyl (C=O) groups excluding carboxylic acids is 1. The third-order valence-electron chi connectivity index (χ3n) is 3.23. The van der Waals surface area contributed by atoms with Gasteiger partial charge in [0.25, 0.3) is 0 Å². The largest absolute Gasteiger partial charge is 0.504 e. The second kappa shape index (κ2) is 4.93. The molecule has 2 aliphatic rings. The van der Waals surface area contributed by atoms with E-state index in [0.717, 1.165) is 13.1 Å². The monoisotopic (exact) mass is 261 g/mol. The smallest absolute Gasteiger partial charge is 0.179 e. The lowest BCUT2D eigenvalue weighted by Crippen LogP contribution is -2.33. The van der Waals surface area contributed by atoms with Gasteiger partial charge >= 0.3 is 0 Å². The standard InChI is InChI=1S/C14H15NO4/c16-12-3-1-2-11-13(17)8-10(19-14(11)12)9-15-4-6-18-7-5-15/h1-3,9,16H,4-8H2/b10-9+. The molecule has 1 saturated heterocycles. The average molecular weight is 261 g/mol. The molecule has 100 valence electrons. The van der Waals surface area contributed by atoms with Gasteiger partial charge < -0.3 is 19.5 Å². The molecule has 0 spiro atoms. The molecule has 3 rings (SSSR count). The van der Waals surface area contributed by atoms with E-state index in [4.69, 9.17) is 9.47 Å².